The maximum absolute atomic E-state index is 10.8. The zero-order valence-corrected chi connectivity index (χ0v) is 11.5. The van der Waals surface area contributed by atoms with Crippen LogP contribution in [-0.4, -0.2) is 22.4 Å². The molecule has 0 aliphatic rings. The fraction of sp³-hybridized carbons (Fsp3) is 0.0769. The average Bonchev–Trinajstić information content (AvgIpc) is 2.48. The fourth-order valence-corrected chi connectivity index (χ4v) is 1.90. The number of nitro groups is 1. The van der Waals surface area contributed by atoms with Gasteiger partial charge in [-0.3, -0.25) is 15.5 Å². The molecule has 1 N–H and O–H groups in total. The van der Waals surface area contributed by atoms with E-state index in [9.17, 15) is 10.1 Å². The Bertz CT molecular complexity index is 629. The van der Waals surface area contributed by atoms with Gasteiger partial charge in [0.15, 0.2) is 0 Å². The summed E-state index contributed by atoms with van der Waals surface area (Å²) >= 11 is 1.66. The van der Waals surface area contributed by atoms with Gasteiger partial charge in [-0.2, -0.15) is 5.10 Å². The van der Waals surface area contributed by atoms with E-state index in [0.29, 0.717) is 0 Å². The second-order valence-corrected chi connectivity index (χ2v) is 4.65. The van der Waals surface area contributed by atoms with Gasteiger partial charge in [0.05, 0.1) is 11.1 Å². The van der Waals surface area contributed by atoms with Gasteiger partial charge in [0.2, 0.25) is 5.82 Å². The molecule has 2 rings (SSSR count). The fourth-order valence-electron chi connectivity index (χ4n) is 1.49. The predicted molar refractivity (Wildman–Crippen MR) is 80.3 cm³/mol. The van der Waals surface area contributed by atoms with E-state index in [2.05, 4.69) is 15.5 Å². The molecule has 1 aromatic heterocycles. The highest BCUT2D eigenvalue weighted by molar-refractivity contribution is 7.98. The Hall–Kier alpha value is -2.41. The molecule has 6 nitrogen and oxygen atoms in total. The van der Waals surface area contributed by atoms with Crippen LogP contribution in [-0.2, 0) is 0 Å². The third kappa shape index (κ3) is 3.55. The van der Waals surface area contributed by atoms with Gasteiger partial charge in [0.1, 0.15) is 0 Å². The number of pyridine rings is 1. The van der Waals surface area contributed by atoms with E-state index < -0.39 is 4.92 Å². The van der Waals surface area contributed by atoms with E-state index in [1.807, 2.05) is 30.5 Å². The molecule has 1 heterocycles. The molecular weight excluding hydrogens is 276 g/mol. The van der Waals surface area contributed by atoms with Crippen molar-refractivity contribution in [2.45, 2.75) is 4.90 Å². The molecule has 0 bridgehead atoms. The molecular formula is C13H12N4O2S. The third-order valence-electron chi connectivity index (χ3n) is 2.48. The van der Waals surface area contributed by atoms with Crippen LogP contribution in [0.15, 0.2) is 52.6 Å². The lowest BCUT2D eigenvalue weighted by Crippen LogP contribution is -1.98. The van der Waals surface area contributed by atoms with Crippen LogP contribution < -0.4 is 5.43 Å². The Labute approximate surface area is 120 Å². The van der Waals surface area contributed by atoms with E-state index >= 15 is 0 Å². The van der Waals surface area contributed by atoms with Crippen LogP contribution in [0, 0.1) is 10.1 Å². The summed E-state index contributed by atoms with van der Waals surface area (Å²) in [6, 6.07) is 10.7. The van der Waals surface area contributed by atoms with Crippen LogP contribution in [0.3, 0.4) is 0 Å². The van der Waals surface area contributed by atoms with Gasteiger partial charge in [0.25, 0.3) is 0 Å². The van der Waals surface area contributed by atoms with Crippen LogP contribution in [0.2, 0.25) is 0 Å². The molecule has 0 fully saturated rings. The van der Waals surface area contributed by atoms with Gasteiger partial charge in [-0.05, 0) is 30.0 Å². The molecule has 20 heavy (non-hydrogen) atoms. The van der Waals surface area contributed by atoms with E-state index in [1.165, 1.54) is 18.3 Å². The highest BCUT2D eigenvalue weighted by Crippen LogP contribution is 2.20. The molecule has 102 valence electrons. The topological polar surface area (TPSA) is 80.4 Å². The van der Waals surface area contributed by atoms with E-state index in [-0.39, 0.29) is 11.5 Å². The summed E-state index contributed by atoms with van der Waals surface area (Å²) in [7, 11) is 0. The molecule has 7 heteroatoms. The SMILES string of the molecule is CSc1ccc(/C=N\Nc2ncccc2[N+](=O)[O-])cc1. The standard InChI is InChI=1S/C13H12N4O2S/c1-20-11-6-4-10(5-7-11)9-15-16-13-12(17(18)19)3-2-8-14-13/h2-9H,1H3,(H,14,16)/b15-9-. The van der Waals surface area contributed by atoms with Crippen molar-refractivity contribution in [2.24, 2.45) is 5.10 Å². The van der Waals surface area contributed by atoms with Crippen LogP contribution in [0.25, 0.3) is 0 Å². The van der Waals surface area contributed by atoms with Crippen molar-refractivity contribution in [3.8, 4) is 0 Å². The van der Waals surface area contributed by atoms with Gasteiger partial charge in [-0.15, -0.1) is 11.8 Å². The first-order valence-electron chi connectivity index (χ1n) is 5.73. The number of benzene rings is 1. The van der Waals surface area contributed by atoms with Gasteiger partial charge in [-0.1, -0.05) is 12.1 Å². The largest absolute Gasteiger partial charge is 0.313 e. The average molecular weight is 288 g/mol. The minimum atomic E-state index is -0.502. The summed E-state index contributed by atoms with van der Waals surface area (Å²) in [5.74, 6) is 0.120. The summed E-state index contributed by atoms with van der Waals surface area (Å²) < 4.78 is 0. The highest BCUT2D eigenvalue weighted by atomic mass is 32.2. The minimum Gasteiger partial charge on any atom is -0.258 e. The molecule has 2 aromatic rings. The number of aromatic nitrogens is 1. The first-order valence-corrected chi connectivity index (χ1v) is 6.95. The lowest BCUT2D eigenvalue weighted by molar-refractivity contribution is -0.384. The number of nitrogens with zero attached hydrogens (tertiary/aromatic N) is 3. The Morgan fingerprint density at radius 1 is 1.35 bits per heavy atom. The van der Waals surface area contributed by atoms with Crippen LogP contribution >= 0.6 is 11.8 Å². The minimum absolute atomic E-state index is 0.109. The van der Waals surface area contributed by atoms with Crippen molar-refractivity contribution < 1.29 is 4.92 Å². The van der Waals surface area contributed by atoms with Gasteiger partial charge >= 0.3 is 5.69 Å². The Morgan fingerprint density at radius 2 is 2.10 bits per heavy atom. The Kier molecular flexibility index (Phi) is 4.67. The molecule has 0 saturated heterocycles. The van der Waals surface area contributed by atoms with Crippen molar-refractivity contribution in [1.82, 2.24) is 4.98 Å². The van der Waals surface area contributed by atoms with Crippen molar-refractivity contribution in [1.29, 1.82) is 0 Å². The van der Waals surface area contributed by atoms with Gasteiger partial charge < -0.3 is 0 Å². The lowest BCUT2D eigenvalue weighted by Gasteiger charge is -2.00. The Morgan fingerprint density at radius 3 is 2.75 bits per heavy atom. The molecule has 0 amide bonds. The van der Waals surface area contributed by atoms with E-state index in [4.69, 9.17) is 0 Å². The predicted octanol–water partition coefficient (Wildman–Crippen LogP) is 3.16. The zero-order chi connectivity index (χ0) is 14.4. The maximum Gasteiger partial charge on any atom is 0.313 e. The van der Waals surface area contributed by atoms with Crippen LogP contribution in [0.1, 0.15) is 5.56 Å². The monoisotopic (exact) mass is 288 g/mol. The molecule has 0 radical (unpaired) electrons. The van der Waals surface area contributed by atoms with Gasteiger partial charge in [-0.25, -0.2) is 4.98 Å². The molecule has 0 aliphatic carbocycles. The molecule has 0 aliphatic heterocycles. The number of hydrogen-bond donors (Lipinski definition) is 1. The molecule has 1 aromatic carbocycles. The summed E-state index contributed by atoms with van der Waals surface area (Å²) in [5, 5.41) is 14.8. The molecule has 0 saturated carbocycles. The first kappa shape index (κ1) is 14.0. The maximum atomic E-state index is 10.8. The number of rotatable bonds is 5. The lowest BCUT2D eigenvalue weighted by atomic mass is 10.2. The van der Waals surface area contributed by atoms with Crippen molar-refractivity contribution in [3.63, 3.8) is 0 Å². The smallest absolute Gasteiger partial charge is 0.258 e. The summed E-state index contributed by atoms with van der Waals surface area (Å²) in [5.41, 5.74) is 3.37. The Balaban J connectivity index is 2.08. The van der Waals surface area contributed by atoms with Crippen molar-refractivity contribution >= 4 is 29.5 Å². The zero-order valence-electron chi connectivity index (χ0n) is 10.7. The van der Waals surface area contributed by atoms with E-state index in [1.54, 1.807) is 18.0 Å². The second-order valence-electron chi connectivity index (χ2n) is 3.77. The highest BCUT2D eigenvalue weighted by Gasteiger charge is 2.12. The first-order chi connectivity index (χ1) is 9.70. The van der Waals surface area contributed by atoms with Crippen LogP contribution in [0.5, 0.6) is 0 Å². The van der Waals surface area contributed by atoms with Gasteiger partial charge in [0, 0.05) is 17.2 Å². The summed E-state index contributed by atoms with van der Waals surface area (Å²) in [6.07, 6.45) is 5.06. The van der Waals surface area contributed by atoms with E-state index in [0.717, 1.165) is 10.5 Å². The number of hydrazone groups is 1. The number of anilines is 1. The number of hydrogen-bond acceptors (Lipinski definition) is 6. The normalized spacial score (nSPS) is 10.7. The molecule has 0 unspecified atom stereocenters. The van der Waals surface area contributed by atoms with Crippen LogP contribution in [0.4, 0.5) is 11.5 Å². The summed E-state index contributed by atoms with van der Waals surface area (Å²) in [6.45, 7) is 0. The molecule has 0 atom stereocenters. The third-order valence-corrected chi connectivity index (χ3v) is 3.23. The van der Waals surface area contributed by atoms with Crippen molar-refractivity contribution in [2.75, 3.05) is 11.7 Å². The second kappa shape index (κ2) is 6.67. The molecule has 0 spiro atoms. The number of thioether (sulfide) groups is 1. The number of nitrogens with one attached hydrogen (secondary N) is 1. The summed E-state index contributed by atoms with van der Waals surface area (Å²) in [4.78, 5) is 15.3. The van der Waals surface area contributed by atoms with Crippen molar-refractivity contribution in [3.05, 3.63) is 58.3 Å². The quantitative estimate of drug-likeness (QED) is 0.395.